The fourth-order valence-corrected chi connectivity index (χ4v) is 5.91. The molecule has 1 aromatic heterocycles. The third-order valence-corrected chi connectivity index (χ3v) is 8.17. The van der Waals surface area contributed by atoms with Gasteiger partial charge in [0.15, 0.2) is 0 Å². The molecule has 0 unspecified atom stereocenters. The summed E-state index contributed by atoms with van der Waals surface area (Å²) in [6.07, 6.45) is 4.81. The molecular formula is C23H27N5O3S. The van der Waals surface area contributed by atoms with Gasteiger partial charge in [-0.05, 0) is 37.3 Å². The van der Waals surface area contributed by atoms with E-state index in [4.69, 9.17) is 0 Å². The van der Waals surface area contributed by atoms with E-state index in [2.05, 4.69) is 15.5 Å². The number of hydrogen-bond donors (Lipinski definition) is 1. The van der Waals surface area contributed by atoms with Crippen LogP contribution in [0.25, 0.3) is 0 Å². The molecule has 3 amide bonds. The van der Waals surface area contributed by atoms with Crippen molar-refractivity contribution in [3.63, 3.8) is 0 Å². The zero-order chi connectivity index (χ0) is 22.3. The topological polar surface area (TPSA) is 95.5 Å². The molecule has 0 radical (unpaired) electrons. The average Bonchev–Trinajstić information content (AvgIpc) is 3.32. The fourth-order valence-electron chi connectivity index (χ4n) is 4.99. The van der Waals surface area contributed by atoms with Gasteiger partial charge in [-0.2, -0.15) is 0 Å². The predicted octanol–water partition coefficient (Wildman–Crippen LogP) is 3.17. The van der Waals surface area contributed by atoms with Crippen molar-refractivity contribution in [2.45, 2.75) is 63.5 Å². The minimum Gasteiger partial charge on any atom is -0.343 e. The Labute approximate surface area is 191 Å². The van der Waals surface area contributed by atoms with E-state index in [9.17, 15) is 14.4 Å². The molecule has 5 rings (SSSR count). The van der Waals surface area contributed by atoms with Crippen LogP contribution >= 0.6 is 11.3 Å². The van der Waals surface area contributed by atoms with E-state index in [-0.39, 0.29) is 24.1 Å². The van der Waals surface area contributed by atoms with Gasteiger partial charge in [0.25, 0.3) is 5.91 Å². The van der Waals surface area contributed by atoms with E-state index in [1.54, 1.807) is 11.8 Å². The van der Waals surface area contributed by atoms with Crippen molar-refractivity contribution < 1.29 is 14.4 Å². The molecule has 168 valence electrons. The number of carbonyl (C=O) groups excluding carboxylic acids is 3. The van der Waals surface area contributed by atoms with Gasteiger partial charge >= 0.3 is 0 Å². The zero-order valence-corrected chi connectivity index (χ0v) is 19.0. The maximum atomic E-state index is 13.3. The Morgan fingerprint density at radius 2 is 1.94 bits per heavy atom. The Hall–Kier alpha value is -2.81. The molecule has 32 heavy (non-hydrogen) atoms. The van der Waals surface area contributed by atoms with Crippen molar-refractivity contribution in [1.29, 1.82) is 0 Å². The van der Waals surface area contributed by atoms with Gasteiger partial charge in [-0.25, -0.2) is 0 Å². The third kappa shape index (κ3) is 3.79. The number of likely N-dealkylation sites (tertiary alicyclic amines) is 1. The number of nitrogens with one attached hydrogen (secondary N) is 1. The van der Waals surface area contributed by atoms with Crippen LogP contribution in [0.4, 0.5) is 5.13 Å². The lowest BCUT2D eigenvalue weighted by atomic mass is 9.82. The SMILES string of the molecule is CC(=O)N1CCC(CC(=O)Nc2nnc(C3CCC3)s2)(N2Cc3ccccc3C2=O)CC1. The van der Waals surface area contributed by atoms with E-state index in [0.29, 0.717) is 49.1 Å². The molecule has 3 aliphatic rings. The van der Waals surface area contributed by atoms with Gasteiger partial charge in [0.1, 0.15) is 5.01 Å². The lowest BCUT2D eigenvalue weighted by Crippen LogP contribution is -2.57. The standard InChI is InChI=1S/C23H27N5O3S/c1-15(29)27-11-9-23(10-12-27,28-14-17-5-2-3-8-18(17)21(28)31)13-19(30)24-22-26-25-20(32-22)16-6-4-7-16/h2-3,5,8,16H,4,6-7,9-14H2,1H3,(H,24,26,30). The Balaban J connectivity index is 1.34. The smallest absolute Gasteiger partial charge is 0.254 e. The predicted molar refractivity (Wildman–Crippen MR) is 120 cm³/mol. The number of carbonyl (C=O) groups is 3. The van der Waals surface area contributed by atoms with E-state index in [1.807, 2.05) is 29.2 Å². The molecule has 2 aromatic rings. The fraction of sp³-hybridized carbons (Fsp3) is 0.522. The van der Waals surface area contributed by atoms with Gasteiger partial charge < -0.3 is 15.1 Å². The molecule has 1 N–H and O–H groups in total. The Morgan fingerprint density at radius 1 is 1.19 bits per heavy atom. The molecule has 8 nitrogen and oxygen atoms in total. The largest absolute Gasteiger partial charge is 0.343 e. The minimum atomic E-state index is -0.631. The van der Waals surface area contributed by atoms with Crippen LogP contribution in [0.1, 0.15) is 72.3 Å². The zero-order valence-electron chi connectivity index (χ0n) is 18.2. The molecule has 1 aliphatic carbocycles. The van der Waals surface area contributed by atoms with Crippen molar-refractivity contribution in [2.75, 3.05) is 18.4 Å². The summed E-state index contributed by atoms with van der Waals surface area (Å²) in [7, 11) is 0. The summed E-state index contributed by atoms with van der Waals surface area (Å²) in [4.78, 5) is 41.9. The van der Waals surface area contributed by atoms with Gasteiger partial charge in [-0.3, -0.25) is 14.4 Å². The number of anilines is 1. The van der Waals surface area contributed by atoms with E-state index >= 15 is 0 Å². The van der Waals surface area contributed by atoms with Gasteiger partial charge in [-0.1, -0.05) is 36.0 Å². The third-order valence-electron chi connectivity index (χ3n) is 7.16. The monoisotopic (exact) mass is 453 g/mol. The Morgan fingerprint density at radius 3 is 2.59 bits per heavy atom. The number of amides is 3. The minimum absolute atomic E-state index is 0.0245. The molecule has 3 heterocycles. The number of hydrogen-bond acceptors (Lipinski definition) is 6. The van der Waals surface area contributed by atoms with Crippen LogP contribution < -0.4 is 5.32 Å². The van der Waals surface area contributed by atoms with Crippen LogP contribution in [-0.2, 0) is 16.1 Å². The summed E-state index contributed by atoms with van der Waals surface area (Å²) >= 11 is 1.45. The van der Waals surface area contributed by atoms with Crippen LogP contribution in [0, 0.1) is 0 Å². The van der Waals surface area contributed by atoms with E-state index in [0.717, 1.165) is 23.4 Å². The molecule has 2 aliphatic heterocycles. The van der Waals surface area contributed by atoms with Crippen molar-refractivity contribution >= 4 is 34.2 Å². The highest BCUT2D eigenvalue weighted by atomic mass is 32.1. The Kier molecular flexibility index (Phi) is 5.44. The molecule has 1 aromatic carbocycles. The highest BCUT2D eigenvalue weighted by Crippen LogP contribution is 2.40. The number of benzene rings is 1. The molecule has 1 saturated heterocycles. The first-order valence-corrected chi connectivity index (χ1v) is 12.1. The van der Waals surface area contributed by atoms with Gasteiger partial charge in [0.05, 0.1) is 12.0 Å². The lowest BCUT2D eigenvalue weighted by molar-refractivity contribution is -0.131. The van der Waals surface area contributed by atoms with Crippen molar-refractivity contribution in [2.24, 2.45) is 0 Å². The van der Waals surface area contributed by atoms with Crippen molar-refractivity contribution in [3.05, 3.63) is 40.4 Å². The molecule has 1 saturated carbocycles. The molecule has 9 heteroatoms. The average molecular weight is 454 g/mol. The normalized spacial score (nSPS) is 20.1. The summed E-state index contributed by atoms with van der Waals surface area (Å²) < 4.78 is 0. The summed E-state index contributed by atoms with van der Waals surface area (Å²) in [6.45, 7) is 3.12. The number of aromatic nitrogens is 2. The lowest BCUT2D eigenvalue weighted by Gasteiger charge is -2.47. The molecule has 0 bridgehead atoms. The maximum absolute atomic E-state index is 13.3. The van der Waals surface area contributed by atoms with Crippen LogP contribution in [0.15, 0.2) is 24.3 Å². The maximum Gasteiger partial charge on any atom is 0.254 e. The first kappa shape index (κ1) is 21.1. The summed E-state index contributed by atoms with van der Waals surface area (Å²) in [5.74, 6) is 0.298. The highest BCUT2D eigenvalue weighted by molar-refractivity contribution is 7.15. The summed E-state index contributed by atoms with van der Waals surface area (Å²) in [6, 6.07) is 7.61. The van der Waals surface area contributed by atoms with Crippen LogP contribution in [-0.4, -0.2) is 56.3 Å². The number of rotatable bonds is 5. The van der Waals surface area contributed by atoms with Gasteiger partial charge in [0, 0.05) is 38.0 Å². The first-order chi connectivity index (χ1) is 15.4. The van der Waals surface area contributed by atoms with Crippen LogP contribution in [0.3, 0.4) is 0 Å². The second kappa shape index (κ2) is 8.27. The summed E-state index contributed by atoms with van der Waals surface area (Å²) in [5, 5.41) is 12.8. The first-order valence-electron chi connectivity index (χ1n) is 11.2. The van der Waals surface area contributed by atoms with Gasteiger partial charge in [0.2, 0.25) is 16.9 Å². The van der Waals surface area contributed by atoms with Gasteiger partial charge in [-0.15, -0.1) is 10.2 Å². The van der Waals surface area contributed by atoms with Crippen molar-refractivity contribution in [1.82, 2.24) is 20.0 Å². The van der Waals surface area contributed by atoms with E-state index < -0.39 is 5.54 Å². The van der Waals surface area contributed by atoms with Crippen LogP contribution in [0.2, 0.25) is 0 Å². The second-order valence-electron chi connectivity index (χ2n) is 9.08. The molecule has 0 atom stereocenters. The van der Waals surface area contributed by atoms with Crippen molar-refractivity contribution in [3.8, 4) is 0 Å². The highest BCUT2D eigenvalue weighted by Gasteiger charge is 2.47. The number of fused-ring (bicyclic) bond motifs is 1. The quantitative estimate of drug-likeness (QED) is 0.750. The molecule has 0 spiro atoms. The molecule has 2 fully saturated rings. The van der Waals surface area contributed by atoms with Crippen LogP contribution in [0.5, 0.6) is 0 Å². The number of nitrogens with zero attached hydrogens (tertiary/aromatic N) is 4. The second-order valence-corrected chi connectivity index (χ2v) is 10.1. The van der Waals surface area contributed by atoms with E-state index in [1.165, 1.54) is 17.8 Å². The Bertz CT molecular complexity index is 1060. The molecular weight excluding hydrogens is 426 g/mol. The summed E-state index contributed by atoms with van der Waals surface area (Å²) in [5.41, 5.74) is 1.06. The number of piperidine rings is 1.